The van der Waals surface area contributed by atoms with Gasteiger partial charge in [-0.3, -0.25) is 4.98 Å². The Kier molecular flexibility index (Phi) is 11.6. The molecule has 0 amide bonds. The first-order valence-corrected chi connectivity index (χ1v) is 25.4. The number of nitrogens with zero attached hydrogens (tertiary/aromatic N) is 4. The fraction of sp³-hybridized carbons (Fsp3) is 0.575. The van der Waals surface area contributed by atoms with Crippen LogP contribution in [0.4, 0.5) is 0 Å². The van der Waals surface area contributed by atoms with E-state index in [0.29, 0.717) is 18.4 Å². The van der Waals surface area contributed by atoms with Crippen molar-refractivity contribution >= 4 is 38.9 Å². The van der Waals surface area contributed by atoms with Crippen molar-refractivity contribution in [3.63, 3.8) is 0 Å². The summed E-state index contributed by atoms with van der Waals surface area (Å²) >= 11 is -1.24. The van der Waals surface area contributed by atoms with Gasteiger partial charge in [-0.05, 0) is 112 Å². The van der Waals surface area contributed by atoms with Crippen LogP contribution in [0.5, 0.6) is 0 Å². The zero-order chi connectivity index (χ0) is 37.6. The lowest BCUT2D eigenvalue weighted by atomic mass is 9.71. The highest BCUT2D eigenvalue weighted by Crippen LogP contribution is 2.45. The van der Waals surface area contributed by atoms with E-state index in [0.717, 1.165) is 58.8 Å². The van der Waals surface area contributed by atoms with E-state index in [9.17, 15) is 4.55 Å². The Bertz CT molecular complexity index is 1800. The molecule has 1 saturated carbocycles. The van der Waals surface area contributed by atoms with Crippen LogP contribution in [-0.2, 0) is 26.8 Å². The minimum atomic E-state index is -1.91. The molecular weight excluding hydrogens is 687 g/mol. The number of hydrogen-bond acceptors (Lipinski definition) is 7. The van der Waals surface area contributed by atoms with Crippen LogP contribution in [-0.4, -0.2) is 52.3 Å². The molecule has 4 aromatic rings. The average Bonchev–Trinajstić information content (AvgIpc) is 3.44. The SMILES string of the molecule is CC(C)(C)[S+]([O-])N[C@@H](c1cccc(-c2ccc3cnn(-c4cccc(CO[Si](C)(C)C(C)(C)C)n4)c3c2)n1)C1CC(CO[Si](C)(C)C(C)(C)C)C1. The molecule has 0 bridgehead atoms. The number of aromatic nitrogens is 4. The lowest BCUT2D eigenvalue weighted by Gasteiger charge is -2.43. The summed E-state index contributed by atoms with van der Waals surface area (Å²) in [4.78, 5) is 10.2. The van der Waals surface area contributed by atoms with Crippen LogP contribution in [0.2, 0.25) is 36.3 Å². The Morgan fingerprint density at radius 2 is 1.51 bits per heavy atom. The largest absolute Gasteiger partial charge is 0.598 e. The molecule has 1 N–H and O–H groups in total. The number of pyridine rings is 2. The van der Waals surface area contributed by atoms with Crippen molar-refractivity contribution in [3.05, 3.63) is 72.2 Å². The third kappa shape index (κ3) is 9.23. The van der Waals surface area contributed by atoms with Crippen molar-refractivity contribution in [1.82, 2.24) is 24.5 Å². The summed E-state index contributed by atoms with van der Waals surface area (Å²) in [7, 11) is -3.72. The molecule has 1 aromatic carbocycles. The standard InChI is InChI=1S/C40H61N5O3SSi2/c1-38(2,3)49(46)44-37(31-22-28(23-31)26-47-50(10,11)39(4,5)6)34-18-15-17-33(43-34)29-20-21-30-25-41-45(35(30)24-29)36-19-14-16-32(42-36)27-48-51(12,13)40(7,8)9/h14-21,24-25,28,31,37,44H,22-23,26-27H2,1-13H3/t28?,31?,37-,49?/m1/s1. The Hall–Kier alpha value is -2.39. The zero-order valence-corrected chi connectivity index (χ0v) is 36.1. The minimum Gasteiger partial charge on any atom is -0.598 e. The summed E-state index contributed by atoms with van der Waals surface area (Å²) in [6, 6.07) is 18.4. The van der Waals surface area contributed by atoms with Gasteiger partial charge in [0.2, 0.25) is 0 Å². The summed E-state index contributed by atoms with van der Waals surface area (Å²) in [6.45, 7) is 30.1. The van der Waals surface area contributed by atoms with Crippen molar-refractivity contribution in [2.45, 2.75) is 129 Å². The summed E-state index contributed by atoms with van der Waals surface area (Å²) in [5.74, 6) is 1.59. The molecule has 5 rings (SSSR count). The predicted octanol–water partition coefficient (Wildman–Crippen LogP) is 10.1. The molecule has 2 atom stereocenters. The molecular formula is C40H61N5O3SSi2. The summed E-state index contributed by atoms with van der Waals surface area (Å²) in [5, 5.41) is 6.08. The Balaban J connectivity index is 1.38. The molecule has 1 aliphatic rings. The van der Waals surface area contributed by atoms with E-state index in [1.54, 1.807) is 0 Å². The van der Waals surface area contributed by atoms with Gasteiger partial charge in [0, 0.05) is 28.9 Å². The number of benzene rings is 1. The van der Waals surface area contributed by atoms with Gasteiger partial charge in [-0.25, -0.2) is 9.67 Å². The van der Waals surface area contributed by atoms with Gasteiger partial charge < -0.3 is 13.4 Å². The van der Waals surface area contributed by atoms with Crippen LogP contribution in [0.15, 0.2) is 60.8 Å². The van der Waals surface area contributed by atoms with E-state index >= 15 is 0 Å². The molecule has 0 aliphatic heterocycles. The van der Waals surface area contributed by atoms with Gasteiger partial charge in [-0.2, -0.15) is 5.10 Å². The van der Waals surface area contributed by atoms with E-state index in [-0.39, 0.29) is 16.1 Å². The van der Waals surface area contributed by atoms with Gasteiger partial charge >= 0.3 is 0 Å². The molecule has 3 aromatic heterocycles. The van der Waals surface area contributed by atoms with E-state index in [2.05, 4.69) is 109 Å². The first-order valence-electron chi connectivity index (χ1n) is 18.4. The van der Waals surface area contributed by atoms with Gasteiger partial charge in [0.15, 0.2) is 22.5 Å². The predicted molar refractivity (Wildman–Crippen MR) is 217 cm³/mol. The zero-order valence-electron chi connectivity index (χ0n) is 33.3. The molecule has 11 heteroatoms. The van der Waals surface area contributed by atoms with Gasteiger partial charge in [0.1, 0.15) is 4.75 Å². The maximum absolute atomic E-state index is 13.5. The van der Waals surface area contributed by atoms with Gasteiger partial charge in [0.25, 0.3) is 0 Å². The second-order valence-corrected chi connectivity index (χ2v) is 30.1. The quantitative estimate of drug-likeness (QED) is 0.114. The molecule has 0 spiro atoms. The maximum atomic E-state index is 13.5. The molecule has 8 nitrogen and oxygen atoms in total. The van der Waals surface area contributed by atoms with Crippen molar-refractivity contribution in [2.75, 3.05) is 6.61 Å². The lowest BCUT2D eigenvalue weighted by molar-refractivity contribution is 0.0908. The number of nitrogens with one attached hydrogen (secondary N) is 1. The van der Waals surface area contributed by atoms with E-state index in [1.807, 2.05) is 49.8 Å². The Morgan fingerprint density at radius 3 is 2.16 bits per heavy atom. The van der Waals surface area contributed by atoms with Crippen LogP contribution in [0.1, 0.15) is 92.6 Å². The molecule has 3 heterocycles. The van der Waals surface area contributed by atoms with Crippen LogP contribution < -0.4 is 4.72 Å². The number of hydrogen-bond donors (Lipinski definition) is 1. The molecule has 278 valence electrons. The maximum Gasteiger partial charge on any atom is 0.192 e. The van der Waals surface area contributed by atoms with Crippen LogP contribution in [0, 0.1) is 11.8 Å². The first kappa shape index (κ1) is 39.8. The smallest absolute Gasteiger partial charge is 0.192 e. The summed E-state index contributed by atoms with van der Waals surface area (Å²) in [6.07, 6.45) is 3.93. The molecule has 1 fully saturated rings. The molecule has 0 saturated heterocycles. The van der Waals surface area contributed by atoms with E-state index in [4.69, 9.17) is 23.9 Å². The highest BCUT2D eigenvalue weighted by Gasteiger charge is 2.43. The molecule has 1 aliphatic carbocycles. The van der Waals surface area contributed by atoms with Crippen molar-refractivity contribution in [1.29, 1.82) is 0 Å². The fourth-order valence-corrected chi connectivity index (χ4v) is 8.63. The van der Waals surface area contributed by atoms with Crippen molar-refractivity contribution in [2.24, 2.45) is 11.8 Å². The van der Waals surface area contributed by atoms with Gasteiger partial charge in [-0.15, -0.1) is 4.72 Å². The first-order chi connectivity index (χ1) is 23.6. The fourth-order valence-electron chi connectivity index (χ4n) is 5.71. The number of rotatable bonds is 12. The Labute approximate surface area is 312 Å². The van der Waals surface area contributed by atoms with Crippen molar-refractivity contribution < 1.29 is 13.4 Å². The number of fused-ring (bicyclic) bond motifs is 1. The summed E-state index contributed by atoms with van der Waals surface area (Å²) in [5.41, 5.74) is 4.64. The van der Waals surface area contributed by atoms with Crippen LogP contribution in [0.25, 0.3) is 28.0 Å². The Morgan fingerprint density at radius 1 is 0.863 bits per heavy atom. The molecule has 1 unspecified atom stereocenters. The second kappa shape index (κ2) is 14.8. The van der Waals surface area contributed by atoms with E-state index < -0.39 is 32.7 Å². The monoisotopic (exact) mass is 747 g/mol. The highest BCUT2D eigenvalue weighted by molar-refractivity contribution is 7.90. The topological polar surface area (TPSA) is 97.2 Å². The van der Waals surface area contributed by atoms with Crippen LogP contribution in [0.3, 0.4) is 0 Å². The average molecular weight is 748 g/mol. The third-order valence-corrected chi connectivity index (χ3v) is 21.9. The van der Waals surface area contributed by atoms with E-state index in [1.165, 1.54) is 0 Å². The summed E-state index contributed by atoms with van der Waals surface area (Å²) < 4.78 is 31.5. The normalized spacial score (nSPS) is 18.9. The van der Waals surface area contributed by atoms with Gasteiger partial charge in [0.05, 0.1) is 41.4 Å². The van der Waals surface area contributed by atoms with Crippen LogP contribution >= 0.6 is 0 Å². The van der Waals surface area contributed by atoms with Crippen molar-refractivity contribution in [3.8, 4) is 17.1 Å². The molecule has 0 radical (unpaired) electrons. The lowest BCUT2D eigenvalue weighted by Crippen LogP contribution is -2.47. The van der Waals surface area contributed by atoms with Gasteiger partial charge in [-0.1, -0.05) is 65.8 Å². The highest BCUT2D eigenvalue weighted by atomic mass is 32.2. The second-order valence-electron chi connectivity index (χ2n) is 18.5. The minimum absolute atomic E-state index is 0.121. The molecule has 51 heavy (non-hydrogen) atoms. The third-order valence-electron chi connectivity index (χ3n) is 11.4.